The van der Waals surface area contributed by atoms with Crippen molar-refractivity contribution in [3.8, 4) is 0 Å². The standard InChI is InChI=1S/C19H19N2/c1-21(17-10-3-2-4-11-17)15-14-20-19-13-7-9-16-8-5-6-12-18(16)19/h2-13H,14-15H2,1H3. The molecule has 0 aliphatic heterocycles. The summed E-state index contributed by atoms with van der Waals surface area (Å²) in [5.41, 5.74) is 2.31. The van der Waals surface area contributed by atoms with Crippen LogP contribution in [0.15, 0.2) is 72.8 Å². The first-order valence-electron chi connectivity index (χ1n) is 7.26. The predicted molar refractivity (Wildman–Crippen MR) is 90.3 cm³/mol. The lowest BCUT2D eigenvalue weighted by atomic mass is 10.1. The highest BCUT2D eigenvalue weighted by Gasteiger charge is 2.03. The van der Waals surface area contributed by atoms with E-state index in [0.717, 1.165) is 18.8 Å². The zero-order valence-electron chi connectivity index (χ0n) is 12.2. The van der Waals surface area contributed by atoms with Gasteiger partial charge in [0.2, 0.25) is 0 Å². The molecule has 0 aliphatic rings. The molecular formula is C19H19N2. The molecule has 1 radical (unpaired) electrons. The Kier molecular flexibility index (Phi) is 4.06. The summed E-state index contributed by atoms with van der Waals surface area (Å²) in [6, 6.07) is 25.1. The van der Waals surface area contributed by atoms with E-state index in [1.807, 2.05) is 6.07 Å². The molecule has 0 saturated heterocycles. The van der Waals surface area contributed by atoms with E-state index in [1.54, 1.807) is 0 Å². The van der Waals surface area contributed by atoms with Crippen molar-refractivity contribution in [2.45, 2.75) is 0 Å². The van der Waals surface area contributed by atoms with Gasteiger partial charge in [0.1, 0.15) is 0 Å². The molecule has 0 heterocycles. The summed E-state index contributed by atoms with van der Waals surface area (Å²) in [5.74, 6) is 0. The van der Waals surface area contributed by atoms with Gasteiger partial charge in [-0.15, -0.1) is 0 Å². The van der Waals surface area contributed by atoms with Crippen LogP contribution in [0.2, 0.25) is 0 Å². The van der Waals surface area contributed by atoms with Gasteiger partial charge >= 0.3 is 0 Å². The number of nitrogens with zero attached hydrogens (tertiary/aromatic N) is 2. The van der Waals surface area contributed by atoms with E-state index < -0.39 is 0 Å². The minimum absolute atomic E-state index is 0.791. The van der Waals surface area contributed by atoms with Crippen molar-refractivity contribution in [2.75, 3.05) is 25.0 Å². The summed E-state index contributed by atoms with van der Waals surface area (Å²) in [4.78, 5) is 2.23. The van der Waals surface area contributed by atoms with Crippen molar-refractivity contribution in [3.63, 3.8) is 0 Å². The molecule has 2 nitrogen and oxygen atoms in total. The van der Waals surface area contributed by atoms with Crippen LogP contribution in [0.5, 0.6) is 0 Å². The summed E-state index contributed by atoms with van der Waals surface area (Å²) in [7, 11) is 2.11. The second kappa shape index (κ2) is 6.31. The smallest absolute Gasteiger partial charge is 0.0653 e. The maximum atomic E-state index is 4.76. The van der Waals surface area contributed by atoms with Gasteiger partial charge in [0.05, 0.1) is 12.2 Å². The van der Waals surface area contributed by atoms with Gasteiger partial charge in [-0.3, -0.25) is 5.32 Å². The van der Waals surface area contributed by atoms with Gasteiger partial charge in [0.15, 0.2) is 0 Å². The van der Waals surface area contributed by atoms with Crippen LogP contribution >= 0.6 is 0 Å². The van der Waals surface area contributed by atoms with Gasteiger partial charge in [-0.05, 0) is 23.6 Å². The number of hydrogen-bond donors (Lipinski definition) is 0. The quantitative estimate of drug-likeness (QED) is 0.681. The highest BCUT2D eigenvalue weighted by atomic mass is 15.1. The minimum atomic E-state index is 0.791. The zero-order chi connectivity index (χ0) is 14.5. The monoisotopic (exact) mass is 275 g/mol. The number of likely N-dealkylation sites (N-methyl/N-ethyl adjacent to an activating group) is 1. The number of anilines is 1. The third-order valence-corrected chi connectivity index (χ3v) is 3.68. The first-order valence-corrected chi connectivity index (χ1v) is 7.26. The van der Waals surface area contributed by atoms with E-state index in [4.69, 9.17) is 5.32 Å². The van der Waals surface area contributed by atoms with Crippen molar-refractivity contribution in [1.82, 2.24) is 5.32 Å². The Morgan fingerprint density at radius 3 is 2.38 bits per heavy atom. The molecule has 3 aromatic rings. The summed E-state index contributed by atoms with van der Waals surface area (Å²) >= 11 is 0. The summed E-state index contributed by atoms with van der Waals surface area (Å²) in [5, 5.41) is 7.23. The highest BCUT2D eigenvalue weighted by molar-refractivity contribution is 5.92. The van der Waals surface area contributed by atoms with Crippen molar-refractivity contribution in [2.24, 2.45) is 0 Å². The third-order valence-electron chi connectivity index (χ3n) is 3.68. The third kappa shape index (κ3) is 3.16. The Labute approximate surface area is 126 Å². The molecular weight excluding hydrogens is 256 g/mol. The second-order valence-electron chi connectivity index (χ2n) is 5.14. The second-order valence-corrected chi connectivity index (χ2v) is 5.14. The van der Waals surface area contributed by atoms with E-state index in [-0.39, 0.29) is 0 Å². The molecule has 0 aromatic heterocycles. The molecule has 3 rings (SSSR count). The van der Waals surface area contributed by atoms with Gasteiger partial charge in [0.25, 0.3) is 0 Å². The van der Waals surface area contributed by atoms with Gasteiger partial charge in [0, 0.05) is 24.7 Å². The average molecular weight is 275 g/mol. The van der Waals surface area contributed by atoms with E-state index in [2.05, 4.69) is 78.7 Å². The van der Waals surface area contributed by atoms with Gasteiger partial charge < -0.3 is 4.90 Å². The number of benzene rings is 3. The van der Waals surface area contributed by atoms with Gasteiger partial charge in [-0.1, -0.05) is 54.6 Å². The predicted octanol–water partition coefficient (Wildman–Crippen LogP) is 4.21. The number of para-hydroxylation sites is 1. The van der Waals surface area contributed by atoms with Crippen LogP contribution in [0.3, 0.4) is 0 Å². The van der Waals surface area contributed by atoms with Crippen LogP contribution in [-0.2, 0) is 0 Å². The van der Waals surface area contributed by atoms with Crippen molar-refractivity contribution in [1.29, 1.82) is 0 Å². The Morgan fingerprint density at radius 1 is 0.810 bits per heavy atom. The molecule has 21 heavy (non-hydrogen) atoms. The van der Waals surface area contributed by atoms with E-state index in [0.29, 0.717) is 0 Å². The first-order chi connectivity index (χ1) is 10.3. The maximum Gasteiger partial charge on any atom is 0.0653 e. The lowest BCUT2D eigenvalue weighted by molar-refractivity contribution is 0.798. The topological polar surface area (TPSA) is 17.3 Å². The normalized spacial score (nSPS) is 10.5. The lowest BCUT2D eigenvalue weighted by Crippen LogP contribution is -2.24. The van der Waals surface area contributed by atoms with Crippen molar-refractivity contribution >= 4 is 22.1 Å². The van der Waals surface area contributed by atoms with E-state index in [1.165, 1.54) is 16.5 Å². The molecule has 0 amide bonds. The van der Waals surface area contributed by atoms with Gasteiger partial charge in [-0.2, -0.15) is 0 Å². The molecule has 0 saturated carbocycles. The molecule has 0 fully saturated rings. The summed E-state index contributed by atoms with van der Waals surface area (Å²) in [6.07, 6.45) is 0. The zero-order valence-corrected chi connectivity index (χ0v) is 12.2. The van der Waals surface area contributed by atoms with Crippen molar-refractivity contribution < 1.29 is 0 Å². The van der Waals surface area contributed by atoms with Crippen LogP contribution in [0.25, 0.3) is 10.8 Å². The van der Waals surface area contributed by atoms with Crippen LogP contribution in [0.1, 0.15) is 0 Å². The Hall–Kier alpha value is -2.48. The van der Waals surface area contributed by atoms with Crippen LogP contribution in [0, 0.1) is 0 Å². The fourth-order valence-corrected chi connectivity index (χ4v) is 2.48. The molecule has 2 heteroatoms. The lowest BCUT2D eigenvalue weighted by Gasteiger charge is -2.19. The molecule has 0 atom stereocenters. The fourth-order valence-electron chi connectivity index (χ4n) is 2.48. The molecule has 3 aromatic carbocycles. The SMILES string of the molecule is CN(CC[N]c1cccc2ccccc12)c1ccccc1. The maximum absolute atomic E-state index is 4.76. The molecule has 0 unspecified atom stereocenters. The fraction of sp³-hybridized carbons (Fsp3) is 0.158. The molecule has 0 N–H and O–H groups in total. The van der Waals surface area contributed by atoms with Crippen LogP contribution in [0.4, 0.5) is 11.4 Å². The Bertz CT molecular complexity index is 702. The number of fused-ring (bicyclic) bond motifs is 1. The average Bonchev–Trinajstić information content (AvgIpc) is 2.56. The first kappa shape index (κ1) is 13.5. The van der Waals surface area contributed by atoms with Crippen LogP contribution in [-0.4, -0.2) is 20.1 Å². The summed E-state index contributed by atoms with van der Waals surface area (Å²) in [6.45, 7) is 1.70. The van der Waals surface area contributed by atoms with Gasteiger partial charge in [-0.25, -0.2) is 0 Å². The number of hydrogen-bond acceptors (Lipinski definition) is 1. The van der Waals surface area contributed by atoms with E-state index >= 15 is 0 Å². The molecule has 0 spiro atoms. The number of rotatable bonds is 5. The Balaban J connectivity index is 1.65. The molecule has 0 bridgehead atoms. The van der Waals surface area contributed by atoms with E-state index in [9.17, 15) is 0 Å². The van der Waals surface area contributed by atoms with Crippen molar-refractivity contribution in [3.05, 3.63) is 72.8 Å². The van der Waals surface area contributed by atoms with Crippen LogP contribution < -0.4 is 10.2 Å². The minimum Gasteiger partial charge on any atom is -0.373 e. The highest BCUT2D eigenvalue weighted by Crippen LogP contribution is 2.22. The molecule has 105 valence electrons. The Morgan fingerprint density at radius 2 is 1.52 bits per heavy atom. The summed E-state index contributed by atoms with van der Waals surface area (Å²) < 4.78 is 0. The molecule has 0 aliphatic carbocycles. The largest absolute Gasteiger partial charge is 0.373 e.